The molecule has 20 heavy (non-hydrogen) atoms. The molecule has 2 aliphatic heterocycles. The van der Waals surface area contributed by atoms with E-state index >= 15 is 0 Å². The molecule has 1 spiro atoms. The van der Waals surface area contributed by atoms with E-state index in [-0.39, 0.29) is 11.6 Å². The van der Waals surface area contributed by atoms with E-state index in [4.69, 9.17) is 15.2 Å². The van der Waals surface area contributed by atoms with Crippen LogP contribution in [0, 0.1) is 0 Å². The summed E-state index contributed by atoms with van der Waals surface area (Å²) in [5.41, 5.74) is 7.38. The van der Waals surface area contributed by atoms with Crippen LogP contribution in [-0.4, -0.2) is 37.2 Å². The number of piperidine rings is 1. The van der Waals surface area contributed by atoms with Gasteiger partial charge in [0.25, 0.3) is 0 Å². The molecule has 3 rings (SSSR count). The first-order valence-corrected chi connectivity index (χ1v) is 7.36. The lowest BCUT2D eigenvalue weighted by molar-refractivity contribution is -0.0358. The van der Waals surface area contributed by atoms with Crippen molar-refractivity contribution in [3.8, 4) is 11.5 Å². The van der Waals surface area contributed by atoms with Crippen LogP contribution in [0.5, 0.6) is 11.5 Å². The minimum Gasteiger partial charge on any atom is -0.497 e. The van der Waals surface area contributed by atoms with Crippen LogP contribution in [0.1, 0.15) is 37.8 Å². The van der Waals surface area contributed by atoms with E-state index in [0.29, 0.717) is 6.04 Å². The van der Waals surface area contributed by atoms with Gasteiger partial charge in [-0.1, -0.05) is 6.07 Å². The fraction of sp³-hybridized carbons (Fsp3) is 0.625. The van der Waals surface area contributed by atoms with E-state index < -0.39 is 0 Å². The molecule has 0 saturated carbocycles. The summed E-state index contributed by atoms with van der Waals surface area (Å²) in [5, 5.41) is 0. The summed E-state index contributed by atoms with van der Waals surface area (Å²) in [4.78, 5) is 2.39. The van der Waals surface area contributed by atoms with Crippen LogP contribution >= 0.6 is 0 Å². The van der Waals surface area contributed by atoms with E-state index in [9.17, 15) is 0 Å². The van der Waals surface area contributed by atoms with Gasteiger partial charge in [-0.3, -0.25) is 0 Å². The summed E-state index contributed by atoms with van der Waals surface area (Å²) in [6.45, 7) is 3.32. The number of methoxy groups -OCH3 is 1. The second kappa shape index (κ2) is 4.93. The number of nitrogens with two attached hydrogens (primary N) is 1. The maximum Gasteiger partial charge on any atom is 0.128 e. The molecule has 0 amide bonds. The molecule has 1 aromatic rings. The van der Waals surface area contributed by atoms with Gasteiger partial charge in [0.05, 0.1) is 7.11 Å². The Balaban J connectivity index is 1.91. The zero-order chi connectivity index (χ0) is 14.3. The zero-order valence-electron chi connectivity index (χ0n) is 12.6. The molecule has 0 radical (unpaired) electrons. The molecular weight excluding hydrogens is 252 g/mol. The highest BCUT2D eigenvalue weighted by atomic mass is 16.5. The van der Waals surface area contributed by atoms with Crippen molar-refractivity contribution in [2.75, 3.05) is 20.7 Å². The fourth-order valence-corrected chi connectivity index (χ4v) is 3.50. The van der Waals surface area contributed by atoms with Gasteiger partial charge in [-0.15, -0.1) is 0 Å². The van der Waals surface area contributed by atoms with Crippen LogP contribution in [-0.2, 0) is 0 Å². The normalized spacial score (nSPS) is 33.6. The van der Waals surface area contributed by atoms with Crippen molar-refractivity contribution in [2.45, 2.75) is 43.9 Å². The highest BCUT2D eigenvalue weighted by Gasteiger charge is 2.44. The molecule has 1 aromatic carbocycles. The number of nitrogens with zero attached hydrogens (tertiary/aromatic N) is 1. The van der Waals surface area contributed by atoms with Crippen molar-refractivity contribution in [2.24, 2.45) is 5.73 Å². The summed E-state index contributed by atoms with van der Waals surface area (Å²) < 4.78 is 11.7. The first-order valence-electron chi connectivity index (χ1n) is 7.36. The Kier molecular flexibility index (Phi) is 3.38. The number of benzene rings is 1. The van der Waals surface area contributed by atoms with Gasteiger partial charge < -0.3 is 20.1 Å². The van der Waals surface area contributed by atoms with E-state index in [0.717, 1.165) is 42.9 Å². The summed E-state index contributed by atoms with van der Waals surface area (Å²) in [5.74, 6) is 1.73. The largest absolute Gasteiger partial charge is 0.497 e. The van der Waals surface area contributed by atoms with Crippen molar-refractivity contribution in [3.05, 3.63) is 23.8 Å². The Morgan fingerprint density at radius 3 is 2.90 bits per heavy atom. The predicted molar refractivity (Wildman–Crippen MR) is 79.2 cm³/mol. The van der Waals surface area contributed by atoms with Crippen LogP contribution < -0.4 is 15.2 Å². The third-order valence-corrected chi connectivity index (χ3v) is 4.88. The summed E-state index contributed by atoms with van der Waals surface area (Å²) in [7, 11) is 3.86. The number of ether oxygens (including phenoxy) is 2. The van der Waals surface area contributed by atoms with Crippen LogP contribution in [0.15, 0.2) is 18.2 Å². The number of likely N-dealkylation sites (tertiary alicyclic amines) is 1. The maximum absolute atomic E-state index is 6.41. The maximum atomic E-state index is 6.41. The first kappa shape index (κ1) is 13.7. The van der Waals surface area contributed by atoms with Crippen LogP contribution in [0.3, 0.4) is 0 Å². The zero-order valence-corrected chi connectivity index (χ0v) is 12.6. The molecule has 2 N–H and O–H groups in total. The lowest BCUT2D eigenvalue weighted by Crippen LogP contribution is -2.53. The average molecular weight is 276 g/mol. The molecule has 0 aliphatic carbocycles. The Bertz CT molecular complexity index is 505. The predicted octanol–water partition coefficient (Wildman–Crippen LogP) is 2.33. The molecule has 4 nitrogen and oxygen atoms in total. The minimum atomic E-state index is -0.106. The number of hydrogen-bond acceptors (Lipinski definition) is 4. The third-order valence-electron chi connectivity index (χ3n) is 4.88. The summed E-state index contributed by atoms with van der Waals surface area (Å²) in [6, 6.07) is 6.55. The summed E-state index contributed by atoms with van der Waals surface area (Å²) >= 11 is 0. The molecule has 4 heteroatoms. The molecule has 2 aliphatic rings. The van der Waals surface area contributed by atoms with Gasteiger partial charge in [0.1, 0.15) is 17.1 Å². The second-order valence-electron chi connectivity index (χ2n) is 6.28. The highest BCUT2D eigenvalue weighted by molar-refractivity contribution is 5.44. The van der Waals surface area contributed by atoms with E-state index in [1.807, 2.05) is 18.2 Å². The second-order valence-corrected chi connectivity index (χ2v) is 6.28. The lowest BCUT2D eigenvalue weighted by atomic mass is 9.78. The van der Waals surface area contributed by atoms with Crippen molar-refractivity contribution in [1.29, 1.82) is 0 Å². The van der Waals surface area contributed by atoms with Crippen LogP contribution in [0.2, 0.25) is 0 Å². The van der Waals surface area contributed by atoms with E-state index in [2.05, 4.69) is 18.9 Å². The molecular formula is C16H24N2O2. The number of rotatable bonds is 1. The van der Waals surface area contributed by atoms with Crippen LogP contribution in [0.4, 0.5) is 0 Å². The van der Waals surface area contributed by atoms with Gasteiger partial charge >= 0.3 is 0 Å². The standard InChI is InChI=1S/C16H24N2O2/c1-11-9-16(6-7-18(11)2)10-14(17)13-5-4-12(19-3)8-15(13)20-16/h4-5,8,11,14H,6-7,9-10,17H2,1-3H3. The van der Waals surface area contributed by atoms with Gasteiger partial charge in [-0.2, -0.15) is 0 Å². The fourth-order valence-electron chi connectivity index (χ4n) is 3.50. The van der Waals surface area contributed by atoms with E-state index in [1.54, 1.807) is 7.11 Å². The Hall–Kier alpha value is -1.26. The monoisotopic (exact) mass is 276 g/mol. The first-order chi connectivity index (χ1) is 9.53. The molecule has 0 aromatic heterocycles. The van der Waals surface area contributed by atoms with Crippen LogP contribution in [0.25, 0.3) is 0 Å². The van der Waals surface area contributed by atoms with Crippen molar-refractivity contribution in [3.63, 3.8) is 0 Å². The van der Waals surface area contributed by atoms with Gasteiger partial charge in [0.2, 0.25) is 0 Å². The van der Waals surface area contributed by atoms with Crippen molar-refractivity contribution in [1.82, 2.24) is 4.90 Å². The SMILES string of the molecule is COc1ccc2c(c1)OC1(CCN(C)C(C)C1)CC2N. The molecule has 2 heterocycles. The van der Waals surface area contributed by atoms with Gasteiger partial charge in [0.15, 0.2) is 0 Å². The Morgan fingerprint density at radius 1 is 1.40 bits per heavy atom. The smallest absolute Gasteiger partial charge is 0.128 e. The Morgan fingerprint density at radius 2 is 2.20 bits per heavy atom. The molecule has 1 fully saturated rings. The van der Waals surface area contributed by atoms with Crippen molar-refractivity contribution < 1.29 is 9.47 Å². The Labute approximate surface area is 120 Å². The molecule has 3 unspecified atom stereocenters. The number of hydrogen-bond donors (Lipinski definition) is 1. The summed E-state index contributed by atoms with van der Waals surface area (Å²) in [6.07, 6.45) is 2.98. The van der Waals surface area contributed by atoms with Gasteiger partial charge in [0, 0.05) is 43.1 Å². The highest BCUT2D eigenvalue weighted by Crippen LogP contribution is 2.45. The van der Waals surface area contributed by atoms with Gasteiger partial charge in [-0.25, -0.2) is 0 Å². The quantitative estimate of drug-likeness (QED) is 0.855. The third kappa shape index (κ3) is 2.27. The molecule has 1 saturated heterocycles. The molecule has 0 bridgehead atoms. The lowest BCUT2D eigenvalue weighted by Gasteiger charge is -2.48. The topological polar surface area (TPSA) is 47.7 Å². The average Bonchev–Trinajstić information content (AvgIpc) is 2.43. The molecule has 3 atom stereocenters. The van der Waals surface area contributed by atoms with Gasteiger partial charge in [-0.05, 0) is 26.5 Å². The molecule has 110 valence electrons. The minimum absolute atomic E-state index is 0.0558. The van der Waals surface area contributed by atoms with Crippen molar-refractivity contribution >= 4 is 0 Å². The van der Waals surface area contributed by atoms with E-state index in [1.165, 1.54) is 0 Å². The number of fused-ring (bicyclic) bond motifs is 1.